The van der Waals surface area contributed by atoms with Gasteiger partial charge in [-0.25, -0.2) is 0 Å². The Morgan fingerprint density at radius 3 is 2.75 bits per heavy atom. The number of hydrazine groups is 1. The number of nitrogens with two attached hydrogens (primary N) is 1. The second kappa shape index (κ2) is 5.70. The molecule has 0 radical (unpaired) electrons. The van der Waals surface area contributed by atoms with E-state index < -0.39 is 11.9 Å². The molecule has 1 fully saturated rings. The van der Waals surface area contributed by atoms with Gasteiger partial charge in [0, 0.05) is 17.7 Å². The van der Waals surface area contributed by atoms with Gasteiger partial charge in [0.05, 0.1) is 0 Å². The van der Waals surface area contributed by atoms with Crippen LogP contribution in [0, 0.1) is 6.92 Å². The maximum Gasteiger partial charge on any atom is 0.252 e. The molecule has 0 aromatic heterocycles. The molecule has 1 aliphatic heterocycles. The van der Waals surface area contributed by atoms with E-state index in [1.165, 1.54) is 0 Å². The summed E-state index contributed by atoms with van der Waals surface area (Å²) in [5.74, 6) is 4.17. The van der Waals surface area contributed by atoms with Crippen molar-refractivity contribution in [2.75, 3.05) is 5.43 Å². The summed E-state index contributed by atoms with van der Waals surface area (Å²) >= 11 is 0. The van der Waals surface area contributed by atoms with Gasteiger partial charge in [-0.2, -0.15) is 0 Å². The minimum Gasteiger partial charge on any atom is -0.340 e. The van der Waals surface area contributed by atoms with Gasteiger partial charge in [0.2, 0.25) is 11.8 Å². The van der Waals surface area contributed by atoms with Crippen molar-refractivity contribution in [3.63, 3.8) is 0 Å². The monoisotopic (exact) mass is 276 g/mol. The van der Waals surface area contributed by atoms with E-state index in [4.69, 9.17) is 5.84 Å². The molecule has 7 heteroatoms. The number of rotatable bonds is 3. The number of aryl methyl sites for hydroxylation is 1. The highest BCUT2D eigenvalue weighted by Crippen LogP contribution is 2.15. The van der Waals surface area contributed by atoms with E-state index in [1.54, 1.807) is 25.1 Å². The van der Waals surface area contributed by atoms with Crippen LogP contribution in [0.25, 0.3) is 0 Å². The average molecular weight is 276 g/mol. The van der Waals surface area contributed by atoms with Gasteiger partial charge in [0.25, 0.3) is 5.91 Å². The van der Waals surface area contributed by atoms with E-state index in [9.17, 15) is 14.4 Å². The van der Waals surface area contributed by atoms with Gasteiger partial charge >= 0.3 is 0 Å². The highest BCUT2D eigenvalue weighted by atomic mass is 16.2. The van der Waals surface area contributed by atoms with E-state index in [0.717, 1.165) is 5.56 Å². The molecule has 5 N–H and O–H groups in total. The summed E-state index contributed by atoms with van der Waals surface area (Å²) in [6, 6.07) is 4.37. The number of hydrogen-bond acceptors (Lipinski definition) is 5. The first-order chi connectivity index (χ1) is 9.51. The molecule has 0 bridgehead atoms. The molecule has 1 aromatic carbocycles. The van der Waals surface area contributed by atoms with Gasteiger partial charge in [0.1, 0.15) is 6.04 Å². The van der Waals surface area contributed by atoms with Crippen molar-refractivity contribution in [3.05, 3.63) is 29.3 Å². The van der Waals surface area contributed by atoms with Crippen LogP contribution in [0.2, 0.25) is 0 Å². The van der Waals surface area contributed by atoms with Crippen molar-refractivity contribution in [2.24, 2.45) is 5.84 Å². The van der Waals surface area contributed by atoms with Crippen LogP contribution in [0.4, 0.5) is 5.69 Å². The van der Waals surface area contributed by atoms with E-state index in [0.29, 0.717) is 17.7 Å². The topological polar surface area (TPSA) is 113 Å². The molecule has 106 valence electrons. The number of hydrogen-bond donors (Lipinski definition) is 4. The lowest BCUT2D eigenvalue weighted by Crippen LogP contribution is -2.52. The maximum atomic E-state index is 12.1. The molecule has 1 aliphatic rings. The highest BCUT2D eigenvalue weighted by molar-refractivity contribution is 6.04. The fourth-order valence-electron chi connectivity index (χ4n) is 2.08. The lowest BCUT2D eigenvalue weighted by atomic mass is 10.0. The summed E-state index contributed by atoms with van der Waals surface area (Å²) in [7, 11) is 0. The second-order valence-corrected chi connectivity index (χ2v) is 4.65. The van der Waals surface area contributed by atoms with Gasteiger partial charge in [-0.05, 0) is 37.1 Å². The van der Waals surface area contributed by atoms with Crippen molar-refractivity contribution < 1.29 is 14.4 Å². The Morgan fingerprint density at radius 2 is 2.15 bits per heavy atom. The fraction of sp³-hybridized carbons (Fsp3) is 0.308. The number of nitrogen functional groups attached to an aromatic ring is 1. The van der Waals surface area contributed by atoms with E-state index in [1.807, 2.05) is 0 Å². The number of piperidine rings is 1. The molecule has 20 heavy (non-hydrogen) atoms. The molecule has 1 saturated heterocycles. The van der Waals surface area contributed by atoms with Crippen LogP contribution >= 0.6 is 0 Å². The van der Waals surface area contributed by atoms with E-state index in [2.05, 4.69) is 16.1 Å². The zero-order valence-electron chi connectivity index (χ0n) is 11.0. The predicted molar refractivity (Wildman–Crippen MR) is 72.6 cm³/mol. The molecule has 0 aliphatic carbocycles. The molecular weight excluding hydrogens is 260 g/mol. The number of nitrogens with one attached hydrogen (secondary N) is 3. The van der Waals surface area contributed by atoms with Crippen molar-refractivity contribution >= 4 is 23.4 Å². The molecular formula is C13H16N4O3. The predicted octanol–water partition coefficient (Wildman–Crippen LogP) is -0.184. The van der Waals surface area contributed by atoms with Crippen LogP contribution in [0.15, 0.2) is 18.2 Å². The third-order valence-electron chi connectivity index (χ3n) is 3.18. The molecule has 2 rings (SSSR count). The third-order valence-corrected chi connectivity index (χ3v) is 3.18. The van der Waals surface area contributed by atoms with Crippen LogP contribution in [0.3, 0.4) is 0 Å². The largest absolute Gasteiger partial charge is 0.340 e. The Kier molecular flexibility index (Phi) is 3.99. The summed E-state index contributed by atoms with van der Waals surface area (Å²) in [6.45, 7) is 1.78. The second-order valence-electron chi connectivity index (χ2n) is 4.65. The zero-order valence-corrected chi connectivity index (χ0v) is 11.0. The summed E-state index contributed by atoms with van der Waals surface area (Å²) in [6.07, 6.45) is 0.545. The Hall–Kier alpha value is -2.41. The Morgan fingerprint density at radius 1 is 1.40 bits per heavy atom. The van der Waals surface area contributed by atoms with Crippen LogP contribution in [0.1, 0.15) is 28.8 Å². The summed E-state index contributed by atoms with van der Waals surface area (Å²) < 4.78 is 0. The molecule has 1 aromatic rings. The van der Waals surface area contributed by atoms with Crippen molar-refractivity contribution in [2.45, 2.75) is 25.8 Å². The summed E-state index contributed by atoms with van der Waals surface area (Å²) in [5, 5.41) is 4.83. The van der Waals surface area contributed by atoms with Crippen LogP contribution in [-0.4, -0.2) is 23.8 Å². The average Bonchev–Trinajstić information content (AvgIpc) is 2.41. The molecule has 1 unspecified atom stereocenters. The number of imide groups is 1. The van der Waals surface area contributed by atoms with Crippen LogP contribution < -0.4 is 21.9 Å². The van der Waals surface area contributed by atoms with E-state index in [-0.39, 0.29) is 18.2 Å². The minimum absolute atomic E-state index is 0.228. The molecule has 0 saturated carbocycles. The Labute approximate surface area is 115 Å². The smallest absolute Gasteiger partial charge is 0.252 e. The molecule has 0 spiro atoms. The zero-order chi connectivity index (χ0) is 14.7. The Bertz CT molecular complexity index is 571. The lowest BCUT2D eigenvalue weighted by molar-refractivity contribution is -0.134. The van der Waals surface area contributed by atoms with E-state index >= 15 is 0 Å². The van der Waals surface area contributed by atoms with Gasteiger partial charge < -0.3 is 10.7 Å². The lowest BCUT2D eigenvalue weighted by Gasteiger charge is -2.22. The van der Waals surface area contributed by atoms with Crippen molar-refractivity contribution in [1.29, 1.82) is 0 Å². The van der Waals surface area contributed by atoms with Gasteiger partial charge in [0.15, 0.2) is 0 Å². The standard InChI is InChI=1S/C13H16N4O3/c1-7-6-8(17-14)2-3-9(7)12(19)15-10-4-5-11(18)16-13(10)20/h2-3,6,10,17H,4-5,14H2,1H3,(H,15,19)(H,16,18,20). The first-order valence-electron chi connectivity index (χ1n) is 6.23. The summed E-state index contributed by atoms with van der Waals surface area (Å²) in [4.78, 5) is 34.8. The SMILES string of the molecule is Cc1cc(NN)ccc1C(=O)NC1CCC(=O)NC1=O. The number of benzene rings is 1. The molecule has 1 atom stereocenters. The summed E-state index contributed by atoms with van der Waals surface area (Å²) in [5.41, 5.74) is 4.40. The number of anilines is 1. The van der Waals surface area contributed by atoms with Gasteiger partial charge in [-0.1, -0.05) is 0 Å². The maximum absolute atomic E-state index is 12.1. The first kappa shape index (κ1) is 14.0. The number of carbonyl (C=O) groups excluding carboxylic acids is 3. The Balaban J connectivity index is 2.08. The quantitative estimate of drug-likeness (QED) is 0.347. The highest BCUT2D eigenvalue weighted by Gasteiger charge is 2.28. The molecule has 7 nitrogen and oxygen atoms in total. The molecule has 3 amide bonds. The third kappa shape index (κ3) is 2.94. The van der Waals surface area contributed by atoms with Crippen LogP contribution in [0.5, 0.6) is 0 Å². The molecule has 1 heterocycles. The van der Waals surface area contributed by atoms with Gasteiger partial charge in [-0.3, -0.25) is 25.5 Å². The van der Waals surface area contributed by atoms with Crippen molar-refractivity contribution in [3.8, 4) is 0 Å². The van der Waals surface area contributed by atoms with Crippen molar-refractivity contribution in [1.82, 2.24) is 10.6 Å². The first-order valence-corrected chi connectivity index (χ1v) is 6.23. The fourth-order valence-corrected chi connectivity index (χ4v) is 2.08. The van der Waals surface area contributed by atoms with Gasteiger partial charge in [-0.15, -0.1) is 0 Å². The number of amides is 3. The van der Waals surface area contributed by atoms with Crippen LogP contribution in [-0.2, 0) is 9.59 Å². The normalized spacial score (nSPS) is 18.4. The number of carbonyl (C=O) groups is 3. The minimum atomic E-state index is -0.674.